The minimum absolute atomic E-state index is 0.214. The predicted octanol–water partition coefficient (Wildman–Crippen LogP) is 1.87. The Bertz CT molecular complexity index is 666. The number of phenolic OH excluding ortho intramolecular Hbond substituents is 2. The fourth-order valence-electron chi connectivity index (χ4n) is 1.59. The fourth-order valence-corrected chi connectivity index (χ4v) is 1.59. The standard InChI is InChI=1S/C15H14N2O4/c1-21-12-5-3-11(4-6-12)15(20)17-16-9-10-2-7-13(18)14(19)8-10/h2-9,18-19H,1H3,(H,17,20)/b16-9-. The predicted molar refractivity (Wildman–Crippen MR) is 77.8 cm³/mol. The van der Waals surface area contributed by atoms with E-state index in [-0.39, 0.29) is 17.4 Å². The van der Waals surface area contributed by atoms with Crippen LogP contribution in [-0.2, 0) is 0 Å². The molecule has 0 atom stereocenters. The summed E-state index contributed by atoms with van der Waals surface area (Å²) >= 11 is 0. The molecule has 0 saturated heterocycles. The zero-order valence-corrected chi connectivity index (χ0v) is 11.3. The maximum Gasteiger partial charge on any atom is 0.271 e. The van der Waals surface area contributed by atoms with E-state index < -0.39 is 0 Å². The summed E-state index contributed by atoms with van der Waals surface area (Å²) in [5.41, 5.74) is 3.35. The zero-order valence-electron chi connectivity index (χ0n) is 11.3. The molecule has 0 fully saturated rings. The second-order valence-electron chi connectivity index (χ2n) is 4.18. The number of ether oxygens (including phenoxy) is 1. The summed E-state index contributed by atoms with van der Waals surface area (Å²) in [6, 6.07) is 10.8. The van der Waals surface area contributed by atoms with E-state index in [1.807, 2.05) is 0 Å². The molecule has 0 heterocycles. The lowest BCUT2D eigenvalue weighted by molar-refractivity contribution is 0.0955. The van der Waals surface area contributed by atoms with Crippen molar-refractivity contribution in [3.63, 3.8) is 0 Å². The normalized spacial score (nSPS) is 10.5. The van der Waals surface area contributed by atoms with E-state index in [0.717, 1.165) is 0 Å². The van der Waals surface area contributed by atoms with Gasteiger partial charge in [-0.15, -0.1) is 0 Å². The summed E-state index contributed by atoms with van der Waals surface area (Å²) in [7, 11) is 1.55. The highest BCUT2D eigenvalue weighted by molar-refractivity contribution is 5.95. The number of methoxy groups -OCH3 is 1. The van der Waals surface area contributed by atoms with Crippen LogP contribution in [0.3, 0.4) is 0 Å². The van der Waals surface area contributed by atoms with Crippen molar-refractivity contribution in [3.8, 4) is 17.2 Å². The van der Waals surface area contributed by atoms with E-state index in [9.17, 15) is 15.0 Å². The van der Waals surface area contributed by atoms with Gasteiger partial charge in [-0.25, -0.2) is 5.43 Å². The molecular weight excluding hydrogens is 272 g/mol. The average Bonchev–Trinajstić information content (AvgIpc) is 2.51. The summed E-state index contributed by atoms with van der Waals surface area (Å²) in [4.78, 5) is 11.8. The Balaban J connectivity index is 1.99. The highest BCUT2D eigenvalue weighted by atomic mass is 16.5. The molecule has 6 nitrogen and oxygen atoms in total. The SMILES string of the molecule is COc1ccc(C(=O)N/N=C\c2ccc(O)c(O)c2)cc1. The number of aromatic hydroxyl groups is 2. The number of hydrogen-bond acceptors (Lipinski definition) is 5. The third-order valence-corrected chi connectivity index (χ3v) is 2.73. The number of phenols is 2. The second kappa shape index (κ2) is 6.42. The van der Waals surface area contributed by atoms with Crippen LogP contribution >= 0.6 is 0 Å². The highest BCUT2D eigenvalue weighted by Gasteiger charge is 2.04. The van der Waals surface area contributed by atoms with E-state index in [1.54, 1.807) is 37.4 Å². The van der Waals surface area contributed by atoms with Crippen LogP contribution in [0.15, 0.2) is 47.6 Å². The van der Waals surface area contributed by atoms with Gasteiger partial charge < -0.3 is 14.9 Å². The molecule has 0 aliphatic carbocycles. The smallest absolute Gasteiger partial charge is 0.271 e. The van der Waals surface area contributed by atoms with Gasteiger partial charge >= 0.3 is 0 Å². The zero-order chi connectivity index (χ0) is 15.2. The van der Waals surface area contributed by atoms with Crippen LogP contribution in [0.1, 0.15) is 15.9 Å². The van der Waals surface area contributed by atoms with E-state index in [2.05, 4.69) is 10.5 Å². The molecular formula is C15H14N2O4. The number of hydrazone groups is 1. The van der Waals surface area contributed by atoms with E-state index in [4.69, 9.17) is 4.74 Å². The molecule has 6 heteroatoms. The molecule has 0 spiro atoms. The van der Waals surface area contributed by atoms with Crippen LogP contribution in [0.5, 0.6) is 17.2 Å². The van der Waals surface area contributed by atoms with Crippen LogP contribution in [0.25, 0.3) is 0 Å². The van der Waals surface area contributed by atoms with Gasteiger partial charge in [0.05, 0.1) is 13.3 Å². The van der Waals surface area contributed by atoms with Crippen molar-refractivity contribution >= 4 is 12.1 Å². The lowest BCUT2D eigenvalue weighted by Gasteiger charge is -2.02. The summed E-state index contributed by atoms with van der Waals surface area (Å²) < 4.78 is 5.00. The van der Waals surface area contributed by atoms with Gasteiger partial charge in [-0.2, -0.15) is 5.10 Å². The van der Waals surface area contributed by atoms with Gasteiger partial charge in [-0.3, -0.25) is 4.79 Å². The van der Waals surface area contributed by atoms with Crippen molar-refractivity contribution in [2.75, 3.05) is 7.11 Å². The van der Waals surface area contributed by atoms with Crippen molar-refractivity contribution in [1.29, 1.82) is 0 Å². The Hall–Kier alpha value is -3.02. The lowest BCUT2D eigenvalue weighted by atomic mass is 10.2. The summed E-state index contributed by atoms with van der Waals surface area (Å²) in [5.74, 6) is -0.165. The minimum Gasteiger partial charge on any atom is -0.504 e. The Labute approximate surface area is 121 Å². The van der Waals surface area contributed by atoms with Gasteiger partial charge in [0.15, 0.2) is 11.5 Å². The third kappa shape index (κ3) is 3.73. The summed E-state index contributed by atoms with van der Waals surface area (Å²) in [6.07, 6.45) is 1.36. The summed E-state index contributed by atoms with van der Waals surface area (Å²) in [6.45, 7) is 0. The van der Waals surface area contributed by atoms with Crippen LogP contribution in [0.4, 0.5) is 0 Å². The first kappa shape index (κ1) is 14.4. The number of hydrogen-bond donors (Lipinski definition) is 3. The number of benzene rings is 2. The topological polar surface area (TPSA) is 91.2 Å². The number of rotatable bonds is 4. The number of nitrogens with zero attached hydrogens (tertiary/aromatic N) is 1. The minimum atomic E-state index is -0.364. The molecule has 0 aliphatic heterocycles. The molecule has 2 aromatic carbocycles. The average molecular weight is 286 g/mol. The molecule has 2 rings (SSSR count). The Morgan fingerprint density at radius 2 is 1.86 bits per heavy atom. The lowest BCUT2D eigenvalue weighted by Crippen LogP contribution is -2.17. The number of carbonyl (C=O) groups is 1. The largest absolute Gasteiger partial charge is 0.504 e. The maximum atomic E-state index is 11.8. The van der Waals surface area contributed by atoms with Gasteiger partial charge in [-0.1, -0.05) is 0 Å². The van der Waals surface area contributed by atoms with Crippen LogP contribution < -0.4 is 10.2 Å². The van der Waals surface area contributed by atoms with Gasteiger partial charge in [0.25, 0.3) is 5.91 Å². The number of carbonyl (C=O) groups excluding carboxylic acids is 1. The van der Waals surface area contributed by atoms with E-state index in [1.165, 1.54) is 18.3 Å². The Morgan fingerprint density at radius 1 is 1.14 bits per heavy atom. The van der Waals surface area contributed by atoms with Crippen LogP contribution in [-0.4, -0.2) is 29.4 Å². The monoisotopic (exact) mass is 286 g/mol. The van der Waals surface area contributed by atoms with Crippen LogP contribution in [0.2, 0.25) is 0 Å². The Morgan fingerprint density at radius 3 is 2.48 bits per heavy atom. The number of nitrogens with one attached hydrogen (secondary N) is 1. The van der Waals surface area contributed by atoms with Gasteiger partial charge in [-0.05, 0) is 48.0 Å². The van der Waals surface area contributed by atoms with Gasteiger partial charge in [0, 0.05) is 5.56 Å². The molecule has 2 aromatic rings. The molecule has 0 saturated carbocycles. The first-order chi connectivity index (χ1) is 10.1. The van der Waals surface area contributed by atoms with Crippen molar-refractivity contribution in [1.82, 2.24) is 5.43 Å². The fraction of sp³-hybridized carbons (Fsp3) is 0.0667. The second-order valence-corrected chi connectivity index (χ2v) is 4.18. The molecule has 21 heavy (non-hydrogen) atoms. The third-order valence-electron chi connectivity index (χ3n) is 2.73. The number of amides is 1. The van der Waals surface area contributed by atoms with E-state index in [0.29, 0.717) is 16.9 Å². The van der Waals surface area contributed by atoms with Crippen molar-refractivity contribution in [3.05, 3.63) is 53.6 Å². The summed E-state index contributed by atoms with van der Waals surface area (Å²) in [5, 5.41) is 22.3. The van der Waals surface area contributed by atoms with Gasteiger partial charge in [0.2, 0.25) is 0 Å². The van der Waals surface area contributed by atoms with E-state index >= 15 is 0 Å². The van der Waals surface area contributed by atoms with Crippen molar-refractivity contribution in [2.45, 2.75) is 0 Å². The molecule has 1 amide bonds. The van der Waals surface area contributed by atoms with Gasteiger partial charge in [0.1, 0.15) is 5.75 Å². The van der Waals surface area contributed by atoms with Crippen molar-refractivity contribution in [2.24, 2.45) is 5.10 Å². The highest BCUT2D eigenvalue weighted by Crippen LogP contribution is 2.23. The molecule has 0 aromatic heterocycles. The molecule has 3 N–H and O–H groups in total. The first-order valence-electron chi connectivity index (χ1n) is 6.09. The van der Waals surface area contributed by atoms with Crippen LogP contribution in [0, 0.1) is 0 Å². The molecule has 0 aliphatic rings. The van der Waals surface area contributed by atoms with Crippen molar-refractivity contribution < 1.29 is 19.7 Å². The quantitative estimate of drug-likeness (QED) is 0.454. The maximum absolute atomic E-state index is 11.8. The molecule has 0 unspecified atom stereocenters. The molecule has 0 radical (unpaired) electrons. The molecule has 108 valence electrons. The first-order valence-corrected chi connectivity index (χ1v) is 6.09. The Kier molecular flexibility index (Phi) is 4.40. The molecule has 0 bridgehead atoms.